The quantitative estimate of drug-likeness (QED) is 0.747. The van der Waals surface area contributed by atoms with Gasteiger partial charge in [-0.1, -0.05) is 35.5 Å². The number of hydrogen-bond acceptors (Lipinski definition) is 4. The third kappa shape index (κ3) is 3.94. The predicted octanol–water partition coefficient (Wildman–Crippen LogP) is 3.76. The van der Waals surface area contributed by atoms with E-state index in [9.17, 15) is 0 Å². The Kier molecular flexibility index (Phi) is 4.29. The highest BCUT2D eigenvalue weighted by atomic mass is 16.5. The lowest BCUT2D eigenvalue weighted by Gasteiger charge is -2.08. The maximum atomic E-state index is 5.82. The molecule has 0 unspecified atom stereocenters. The molecule has 3 rings (SSSR count). The van der Waals surface area contributed by atoms with Crippen molar-refractivity contribution in [3.05, 3.63) is 78.2 Å². The van der Waals surface area contributed by atoms with Crippen LogP contribution in [0.4, 0.5) is 0 Å². The first-order chi connectivity index (χ1) is 10.4. The van der Waals surface area contributed by atoms with Crippen LogP contribution in [0.2, 0.25) is 0 Å². The van der Waals surface area contributed by atoms with Crippen LogP contribution < -0.4 is 10.1 Å². The maximum Gasteiger partial charge on any atom is 0.127 e. The van der Waals surface area contributed by atoms with Crippen LogP contribution in [0.5, 0.6) is 11.5 Å². The summed E-state index contributed by atoms with van der Waals surface area (Å²) in [5.41, 5.74) is 2.05. The average Bonchev–Trinajstić information content (AvgIpc) is 3.02. The molecule has 4 heteroatoms. The summed E-state index contributed by atoms with van der Waals surface area (Å²) in [6, 6.07) is 19.7. The smallest absolute Gasteiger partial charge is 0.127 e. The molecule has 0 aliphatic rings. The fourth-order valence-corrected chi connectivity index (χ4v) is 2.01. The highest BCUT2D eigenvalue weighted by molar-refractivity contribution is 5.33. The molecule has 1 heterocycles. The Bertz CT molecular complexity index is 666. The van der Waals surface area contributed by atoms with Gasteiger partial charge in [-0.05, 0) is 29.8 Å². The molecular formula is C17H16N2O2. The van der Waals surface area contributed by atoms with Crippen LogP contribution in [0.25, 0.3) is 0 Å². The minimum Gasteiger partial charge on any atom is -0.457 e. The largest absolute Gasteiger partial charge is 0.457 e. The molecule has 2 aromatic carbocycles. The van der Waals surface area contributed by atoms with Crippen LogP contribution in [0.3, 0.4) is 0 Å². The summed E-state index contributed by atoms with van der Waals surface area (Å²) >= 11 is 0. The van der Waals surface area contributed by atoms with Crippen molar-refractivity contribution in [1.82, 2.24) is 10.5 Å². The molecule has 0 radical (unpaired) electrons. The highest BCUT2D eigenvalue weighted by Gasteiger charge is 2.00. The summed E-state index contributed by atoms with van der Waals surface area (Å²) in [5.74, 6) is 1.67. The minimum absolute atomic E-state index is 0.681. The van der Waals surface area contributed by atoms with E-state index < -0.39 is 0 Å². The molecule has 1 aromatic heterocycles. The number of hydrogen-bond donors (Lipinski definition) is 1. The van der Waals surface area contributed by atoms with Gasteiger partial charge in [0.05, 0.1) is 5.69 Å². The molecule has 4 nitrogen and oxygen atoms in total. The molecule has 21 heavy (non-hydrogen) atoms. The van der Waals surface area contributed by atoms with E-state index in [2.05, 4.69) is 16.5 Å². The van der Waals surface area contributed by atoms with Crippen LogP contribution in [-0.4, -0.2) is 5.16 Å². The number of ether oxygens (including phenoxy) is 1. The Hall–Kier alpha value is -2.59. The summed E-state index contributed by atoms with van der Waals surface area (Å²) < 4.78 is 10.6. The lowest BCUT2D eigenvalue weighted by molar-refractivity contribution is 0.408. The maximum absolute atomic E-state index is 5.82. The van der Waals surface area contributed by atoms with Gasteiger partial charge < -0.3 is 14.6 Å². The fraction of sp³-hybridized carbons (Fsp3) is 0.118. The third-order valence-electron chi connectivity index (χ3n) is 3.00. The SMILES string of the molecule is c1ccc(Oc2cccc(CNCc3ccon3)c2)cc1. The molecule has 0 spiro atoms. The lowest BCUT2D eigenvalue weighted by atomic mass is 10.2. The molecule has 3 aromatic rings. The van der Waals surface area contributed by atoms with Crippen molar-refractivity contribution >= 4 is 0 Å². The van der Waals surface area contributed by atoms with Crippen molar-refractivity contribution in [3.8, 4) is 11.5 Å². The zero-order chi connectivity index (χ0) is 14.3. The number of nitrogens with zero attached hydrogens (tertiary/aromatic N) is 1. The lowest BCUT2D eigenvalue weighted by Crippen LogP contribution is -2.12. The summed E-state index contributed by atoms with van der Waals surface area (Å²) in [7, 11) is 0. The van der Waals surface area contributed by atoms with Gasteiger partial charge in [0, 0.05) is 19.2 Å². The standard InChI is InChI=1S/C17H16N2O2/c1-2-6-16(7-3-1)21-17-8-4-5-14(11-17)12-18-13-15-9-10-20-19-15/h1-11,18H,12-13H2. The van der Waals surface area contributed by atoms with Gasteiger partial charge >= 0.3 is 0 Å². The molecule has 1 N–H and O–H groups in total. The van der Waals surface area contributed by atoms with Gasteiger partial charge in [0.25, 0.3) is 0 Å². The molecule has 0 aliphatic carbocycles. The molecule has 0 aliphatic heterocycles. The Labute approximate surface area is 123 Å². The van der Waals surface area contributed by atoms with E-state index in [1.807, 2.05) is 54.6 Å². The Morgan fingerprint density at radius 2 is 1.76 bits per heavy atom. The van der Waals surface area contributed by atoms with Crippen LogP contribution in [-0.2, 0) is 13.1 Å². The second-order valence-electron chi connectivity index (χ2n) is 4.66. The number of para-hydroxylation sites is 1. The average molecular weight is 280 g/mol. The van der Waals surface area contributed by atoms with Gasteiger partial charge in [0.15, 0.2) is 0 Å². The van der Waals surface area contributed by atoms with Crippen molar-refractivity contribution in [2.75, 3.05) is 0 Å². The summed E-state index contributed by atoms with van der Waals surface area (Å²) in [4.78, 5) is 0. The van der Waals surface area contributed by atoms with Crippen LogP contribution in [0.1, 0.15) is 11.3 Å². The Morgan fingerprint density at radius 1 is 0.905 bits per heavy atom. The van der Waals surface area contributed by atoms with Crippen molar-refractivity contribution in [2.45, 2.75) is 13.1 Å². The molecule has 0 saturated heterocycles. The van der Waals surface area contributed by atoms with E-state index in [4.69, 9.17) is 9.26 Å². The van der Waals surface area contributed by atoms with E-state index in [0.717, 1.165) is 29.3 Å². The van der Waals surface area contributed by atoms with Gasteiger partial charge in [0.2, 0.25) is 0 Å². The first-order valence-corrected chi connectivity index (χ1v) is 6.82. The first-order valence-electron chi connectivity index (χ1n) is 6.82. The van der Waals surface area contributed by atoms with E-state index >= 15 is 0 Å². The Morgan fingerprint density at radius 3 is 2.57 bits per heavy atom. The number of aromatic nitrogens is 1. The zero-order valence-electron chi connectivity index (χ0n) is 11.5. The van der Waals surface area contributed by atoms with Gasteiger partial charge in [-0.15, -0.1) is 0 Å². The van der Waals surface area contributed by atoms with Crippen molar-refractivity contribution < 1.29 is 9.26 Å². The Balaban J connectivity index is 1.58. The topological polar surface area (TPSA) is 47.3 Å². The van der Waals surface area contributed by atoms with E-state index in [1.165, 1.54) is 0 Å². The van der Waals surface area contributed by atoms with Crippen LogP contribution in [0.15, 0.2) is 71.4 Å². The number of benzene rings is 2. The second kappa shape index (κ2) is 6.72. The van der Waals surface area contributed by atoms with Crippen molar-refractivity contribution in [3.63, 3.8) is 0 Å². The molecule has 106 valence electrons. The second-order valence-corrected chi connectivity index (χ2v) is 4.66. The highest BCUT2D eigenvalue weighted by Crippen LogP contribution is 2.21. The molecule has 0 amide bonds. The van der Waals surface area contributed by atoms with Crippen LogP contribution >= 0.6 is 0 Å². The predicted molar refractivity (Wildman–Crippen MR) is 80.0 cm³/mol. The molecule has 0 fully saturated rings. The van der Waals surface area contributed by atoms with Gasteiger partial charge in [-0.25, -0.2) is 0 Å². The normalized spacial score (nSPS) is 10.5. The first kappa shape index (κ1) is 13.4. The zero-order valence-corrected chi connectivity index (χ0v) is 11.5. The summed E-state index contributed by atoms with van der Waals surface area (Å²) in [5, 5.41) is 7.18. The molecule has 0 atom stereocenters. The van der Waals surface area contributed by atoms with E-state index in [1.54, 1.807) is 6.26 Å². The van der Waals surface area contributed by atoms with Gasteiger partial charge in [-0.2, -0.15) is 0 Å². The summed E-state index contributed by atoms with van der Waals surface area (Å²) in [6.07, 6.45) is 1.57. The fourth-order valence-electron chi connectivity index (χ4n) is 2.01. The van der Waals surface area contributed by atoms with E-state index in [-0.39, 0.29) is 0 Å². The van der Waals surface area contributed by atoms with Crippen LogP contribution in [0, 0.1) is 0 Å². The third-order valence-corrected chi connectivity index (χ3v) is 3.00. The molecular weight excluding hydrogens is 264 g/mol. The summed E-state index contributed by atoms with van der Waals surface area (Å²) in [6.45, 7) is 1.43. The number of rotatable bonds is 6. The molecule has 0 saturated carbocycles. The number of nitrogens with one attached hydrogen (secondary N) is 1. The minimum atomic E-state index is 0.681. The monoisotopic (exact) mass is 280 g/mol. The molecule has 0 bridgehead atoms. The van der Waals surface area contributed by atoms with Gasteiger partial charge in [-0.3, -0.25) is 0 Å². The van der Waals surface area contributed by atoms with Crippen molar-refractivity contribution in [1.29, 1.82) is 0 Å². The van der Waals surface area contributed by atoms with E-state index in [0.29, 0.717) is 6.54 Å². The van der Waals surface area contributed by atoms with Gasteiger partial charge in [0.1, 0.15) is 17.8 Å². The van der Waals surface area contributed by atoms with Crippen molar-refractivity contribution in [2.24, 2.45) is 0 Å².